The van der Waals surface area contributed by atoms with Crippen LogP contribution in [0.15, 0.2) is 30.3 Å². The third-order valence-corrected chi connectivity index (χ3v) is 4.77. The average Bonchev–Trinajstić information content (AvgIpc) is 3.24. The van der Waals surface area contributed by atoms with Crippen molar-refractivity contribution in [2.45, 2.75) is 38.2 Å². The van der Waals surface area contributed by atoms with Gasteiger partial charge >= 0.3 is 0 Å². The highest BCUT2D eigenvalue weighted by molar-refractivity contribution is 5.84. The molecule has 3 heteroatoms. The van der Waals surface area contributed by atoms with Gasteiger partial charge in [-0.3, -0.25) is 4.79 Å². The lowest BCUT2D eigenvalue weighted by molar-refractivity contribution is -0.134. The second-order valence-electron chi connectivity index (χ2n) is 6.17. The quantitative estimate of drug-likeness (QED) is 0.918. The Morgan fingerprint density at radius 1 is 1.20 bits per heavy atom. The smallest absolute Gasteiger partial charge is 0.226 e. The van der Waals surface area contributed by atoms with Crippen LogP contribution in [0.5, 0.6) is 0 Å². The van der Waals surface area contributed by atoms with Gasteiger partial charge in [0.2, 0.25) is 5.91 Å². The minimum absolute atomic E-state index is 0.0181. The summed E-state index contributed by atoms with van der Waals surface area (Å²) in [7, 11) is 0. The first-order chi connectivity index (χ1) is 9.70. The fourth-order valence-electron chi connectivity index (χ4n) is 3.68. The summed E-state index contributed by atoms with van der Waals surface area (Å²) in [5.41, 5.74) is 1.19. The number of amides is 1. The zero-order chi connectivity index (χ0) is 14.1. The number of aliphatic hydroxyl groups excluding tert-OH is 1. The molecule has 0 spiro atoms. The fraction of sp³-hybridized carbons (Fsp3) is 0.588. The van der Waals surface area contributed by atoms with Crippen molar-refractivity contribution < 1.29 is 9.90 Å². The van der Waals surface area contributed by atoms with Gasteiger partial charge in [0.1, 0.15) is 0 Å². The van der Waals surface area contributed by atoms with E-state index in [0.29, 0.717) is 0 Å². The van der Waals surface area contributed by atoms with Crippen molar-refractivity contribution in [2.75, 3.05) is 13.1 Å². The second kappa shape index (κ2) is 5.57. The fourth-order valence-corrected chi connectivity index (χ4v) is 3.68. The van der Waals surface area contributed by atoms with E-state index in [4.69, 9.17) is 0 Å². The van der Waals surface area contributed by atoms with Gasteiger partial charge in [0.05, 0.1) is 12.0 Å². The van der Waals surface area contributed by atoms with Crippen molar-refractivity contribution in [3.8, 4) is 0 Å². The largest absolute Gasteiger partial charge is 0.393 e. The molecule has 1 aromatic rings. The van der Waals surface area contributed by atoms with Crippen LogP contribution in [0.4, 0.5) is 0 Å². The molecule has 1 aliphatic carbocycles. The van der Waals surface area contributed by atoms with E-state index in [0.717, 1.165) is 25.9 Å². The van der Waals surface area contributed by atoms with E-state index in [1.165, 1.54) is 12.0 Å². The van der Waals surface area contributed by atoms with Gasteiger partial charge in [-0.25, -0.2) is 0 Å². The molecule has 1 saturated carbocycles. The van der Waals surface area contributed by atoms with Crippen LogP contribution in [0.2, 0.25) is 0 Å². The van der Waals surface area contributed by atoms with Crippen LogP contribution in [0, 0.1) is 11.8 Å². The van der Waals surface area contributed by atoms with E-state index in [1.807, 2.05) is 30.0 Å². The molecule has 1 amide bonds. The maximum Gasteiger partial charge on any atom is 0.226 e. The van der Waals surface area contributed by atoms with E-state index in [-0.39, 0.29) is 23.7 Å². The molecule has 2 aliphatic rings. The summed E-state index contributed by atoms with van der Waals surface area (Å²) in [6.07, 6.45) is 3.05. The lowest BCUT2D eigenvalue weighted by atomic mass is 10.1. The van der Waals surface area contributed by atoms with Crippen molar-refractivity contribution >= 4 is 5.91 Å². The van der Waals surface area contributed by atoms with Gasteiger partial charge in [0, 0.05) is 24.9 Å². The Labute approximate surface area is 120 Å². The van der Waals surface area contributed by atoms with Crippen molar-refractivity contribution in [3.05, 3.63) is 35.9 Å². The van der Waals surface area contributed by atoms with Gasteiger partial charge < -0.3 is 10.0 Å². The van der Waals surface area contributed by atoms with Gasteiger partial charge in [-0.2, -0.15) is 0 Å². The molecule has 1 aromatic carbocycles. The Hall–Kier alpha value is -1.35. The first-order valence-corrected chi connectivity index (χ1v) is 7.72. The zero-order valence-corrected chi connectivity index (χ0v) is 12.0. The van der Waals surface area contributed by atoms with Gasteiger partial charge in [-0.05, 0) is 31.7 Å². The molecule has 0 bridgehead atoms. The van der Waals surface area contributed by atoms with Crippen molar-refractivity contribution in [3.63, 3.8) is 0 Å². The summed E-state index contributed by atoms with van der Waals surface area (Å²) in [4.78, 5) is 14.7. The predicted octanol–water partition coefficient (Wildman–Crippen LogP) is 2.41. The lowest BCUT2D eigenvalue weighted by Gasteiger charge is -2.27. The molecule has 108 valence electrons. The molecule has 2 fully saturated rings. The first kappa shape index (κ1) is 13.6. The summed E-state index contributed by atoms with van der Waals surface area (Å²) in [6, 6.07) is 10.2. The van der Waals surface area contributed by atoms with Crippen LogP contribution in [-0.2, 0) is 4.79 Å². The van der Waals surface area contributed by atoms with Crippen LogP contribution in [0.1, 0.15) is 37.7 Å². The van der Waals surface area contributed by atoms with Gasteiger partial charge in [-0.15, -0.1) is 0 Å². The summed E-state index contributed by atoms with van der Waals surface area (Å²) in [5, 5.41) is 9.97. The summed E-state index contributed by atoms with van der Waals surface area (Å²) < 4.78 is 0. The Bertz CT molecular complexity index is 465. The Morgan fingerprint density at radius 3 is 2.45 bits per heavy atom. The predicted molar refractivity (Wildman–Crippen MR) is 78.3 cm³/mol. The minimum atomic E-state index is -0.418. The van der Waals surface area contributed by atoms with E-state index in [2.05, 4.69) is 12.1 Å². The van der Waals surface area contributed by atoms with Crippen molar-refractivity contribution in [1.29, 1.82) is 0 Å². The highest BCUT2D eigenvalue weighted by Crippen LogP contribution is 2.56. The Balaban J connectivity index is 1.76. The molecule has 0 radical (unpaired) electrons. The standard InChI is InChI=1S/C17H23NO2/c1-12(19)14-15(13-8-4-2-5-9-13)16(14)17(20)18-10-6-3-7-11-18/h2,4-5,8-9,12,14-16,19H,3,6-7,10-11H2,1H3/t12-,14+,15+,16+/m1/s1. The molecule has 4 atom stereocenters. The molecule has 1 aliphatic heterocycles. The van der Waals surface area contributed by atoms with Gasteiger partial charge in [0.25, 0.3) is 0 Å². The molecule has 0 unspecified atom stereocenters. The second-order valence-corrected chi connectivity index (χ2v) is 6.17. The number of carbonyl (C=O) groups is 1. The number of rotatable bonds is 3. The summed E-state index contributed by atoms with van der Waals surface area (Å²) >= 11 is 0. The highest BCUT2D eigenvalue weighted by atomic mass is 16.3. The number of nitrogens with zero attached hydrogens (tertiary/aromatic N) is 1. The molecule has 3 rings (SSSR count). The molecule has 3 nitrogen and oxygen atoms in total. The maximum absolute atomic E-state index is 12.7. The number of aliphatic hydroxyl groups is 1. The molecular weight excluding hydrogens is 250 g/mol. The van der Waals surface area contributed by atoms with E-state index >= 15 is 0 Å². The monoisotopic (exact) mass is 273 g/mol. The van der Waals surface area contributed by atoms with Crippen LogP contribution >= 0.6 is 0 Å². The van der Waals surface area contributed by atoms with Crippen LogP contribution in [-0.4, -0.2) is 35.1 Å². The minimum Gasteiger partial charge on any atom is -0.393 e. The normalized spacial score (nSPS) is 30.9. The highest BCUT2D eigenvalue weighted by Gasteiger charge is 2.58. The number of likely N-dealkylation sites (tertiary alicyclic amines) is 1. The van der Waals surface area contributed by atoms with E-state index < -0.39 is 6.10 Å². The van der Waals surface area contributed by atoms with Gasteiger partial charge in [-0.1, -0.05) is 30.3 Å². The Kier molecular flexibility index (Phi) is 3.79. The van der Waals surface area contributed by atoms with Gasteiger partial charge in [0.15, 0.2) is 0 Å². The number of piperidine rings is 1. The third-order valence-electron chi connectivity index (χ3n) is 4.77. The van der Waals surface area contributed by atoms with Crippen LogP contribution < -0.4 is 0 Å². The number of benzene rings is 1. The number of hydrogen-bond acceptors (Lipinski definition) is 2. The molecule has 1 saturated heterocycles. The van der Waals surface area contributed by atoms with E-state index in [9.17, 15) is 9.90 Å². The number of carbonyl (C=O) groups excluding carboxylic acids is 1. The van der Waals surface area contributed by atoms with Crippen LogP contribution in [0.3, 0.4) is 0 Å². The van der Waals surface area contributed by atoms with Crippen molar-refractivity contribution in [2.24, 2.45) is 11.8 Å². The molecule has 0 aromatic heterocycles. The SMILES string of the molecule is C[C@@H](O)[C@@H]1[C@H](C(=O)N2CCCCC2)[C@H]1c1ccccc1. The topological polar surface area (TPSA) is 40.5 Å². The molecular formula is C17H23NO2. The summed E-state index contributed by atoms with van der Waals surface area (Å²) in [5.74, 6) is 0.525. The van der Waals surface area contributed by atoms with E-state index in [1.54, 1.807) is 0 Å². The summed E-state index contributed by atoms with van der Waals surface area (Å²) in [6.45, 7) is 3.59. The maximum atomic E-state index is 12.7. The number of hydrogen-bond donors (Lipinski definition) is 1. The lowest BCUT2D eigenvalue weighted by Crippen LogP contribution is -2.37. The Morgan fingerprint density at radius 2 is 1.85 bits per heavy atom. The molecule has 1 N–H and O–H groups in total. The molecule has 1 heterocycles. The average molecular weight is 273 g/mol. The third kappa shape index (κ3) is 2.47. The van der Waals surface area contributed by atoms with Crippen LogP contribution in [0.25, 0.3) is 0 Å². The first-order valence-electron chi connectivity index (χ1n) is 7.72. The zero-order valence-electron chi connectivity index (χ0n) is 12.0. The molecule has 20 heavy (non-hydrogen) atoms. The van der Waals surface area contributed by atoms with Crippen molar-refractivity contribution in [1.82, 2.24) is 4.90 Å².